The van der Waals surface area contributed by atoms with Gasteiger partial charge in [0.25, 0.3) is 5.69 Å². The van der Waals surface area contributed by atoms with E-state index in [1.807, 2.05) is 6.07 Å². The lowest BCUT2D eigenvalue weighted by atomic mass is 10.1. The number of nitro groups is 1. The van der Waals surface area contributed by atoms with E-state index in [1.165, 1.54) is 18.9 Å². The highest BCUT2D eigenvalue weighted by Gasteiger charge is 2.24. The first kappa shape index (κ1) is 14.7. The van der Waals surface area contributed by atoms with Crippen LogP contribution in [0.3, 0.4) is 0 Å². The molecular formula is C14H22N4O2. The van der Waals surface area contributed by atoms with Crippen LogP contribution in [-0.4, -0.2) is 22.9 Å². The maximum Gasteiger partial charge on any atom is 0.293 e. The maximum absolute atomic E-state index is 10.9. The van der Waals surface area contributed by atoms with E-state index in [-0.39, 0.29) is 5.69 Å². The van der Waals surface area contributed by atoms with Crippen molar-refractivity contribution in [3.8, 4) is 0 Å². The second kappa shape index (κ2) is 6.67. The summed E-state index contributed by atoms with van der Waals surface area (Å²) in [6.45, 7) is 5.16. The van der Waals surface area contributed by atoms with Gasteiger partial charge in [0.1, 0.15) is 5.69 Å². The van der Waals surface area contributed by atoms with Gasteiger partial charge in [-0.05, 0) is 43.4 Å². The summed E-state index contributed by atoms with van der Waals surface area (Å²) in [5.74, 6) is 6.21. The van der Waals surface area contributed by atoms with Crippen LogP contribution in [0.2, 0.25) is 0 Å². The van der Waals surface area contributed by atoms with E-state index in [0.29, 0.717) is 5.69 Å². The van der Waals surface area contributed by atoms with Crippen molar-refractivity contribution in [3.63, 3.8) is 0 Å². The molecule has 1 aromatic carbocycles. The second-order valence-electron chi connectivity index (χ2n) is 5.43. The van der Waals surface area contributed by atoms with E-state index in [9.17, 15) is 10.1 Å². The summed E-state index contributed by atoms with van der Waals surface area (Å²) in [4.78, 5) is 12.9. The van der Waals surface area contributed by atoms with Gasteiger partial charge in [-0.1, -0.05) is 13.0 Å². The molecule has 0 aliphatic heterocycles. The molecule has 6 heteroatoms. The lowest BCUT2D eigenvalue weighted by Gasteiger charge is -2.21. The molecule has 1 aliphatic carbocycles. The van der Waals surface area contributed by atoms with Crippen molar-refractivity contribution in [1.29, 1.82) is 0 Å². The smallest absolute Gasteiger partial charge is 0.293 e. The number of nitrogens with zero attached hydrogens (tertiary/aromatic N) is 2. The summed E-state index contributed by atoms with van der Waals surface area (Å²) in [6, 6.07) is 5.11. The monoisotopic (exact) mass is 278 g/mol. The van der Waals surface area contributed by atoms with Crippen LogP contribution < -0.4 is 11.3 Å². The first-order valence-electron chi connectivity index (χ1n) is 7.10. The third-order valence-electron chi connectivity index (χ3n) is 3.57. The van der Waals surface area contributed by atoms with E-state index >= 15 is 0 Å². The standard InChI is InChI=1S/C14H22N4O2/c1-2-7-17(9-11-3-4-11)10-12-5-6-14(18(19)20)13(8-12)16-15/h5-6,8,11,16H,2-4,7,9-10,15H2,1H3. The summed E-state index contributed by atoms with van der Waals surface area (Å²) in [7, 11) is 0. The zero-order valence-corrected chi connectivity index (χ0v) is 11.8. The first-order valence-corrected chi connectivity index (χ1v) is 7.10. The van der Waals surface area contributed by atoms with Gasteiger partial charge in [-0.3, -0.25) is 20.9 Å². The van der Waals surface area contributed by atoms with Gasteiger partial charge in [-0.2, -0.15) is 0 Å². The van der Waals surface area contributed by atoms with Crippen LogP contribution in [0.4, 0.5) is 11.4 Å². The third kappa shape index (κ3) is 3.91. The minimum atomic E-state index is -0.424. The SMILES string of the molecule is CCCN(Cc1ccc([N+](=O)[O-])c(NN)c1)CC1CC1. The fraction of sp³-hybridized carbons (Fsp3) is 0.571. The zero-order chi connectivity index (χ0) is 14.5. The summed E-state index contributed by atoms with van der Waals surface area (Å²) in [6.07, 6.45) is 3.77. The topological polar surface area (TPSA) is 84.4 Å². The van der Waals surface area contributed by atoms with Gasteiger partial charge in [0.05, 0.1) is 4.92 Å². The minimum absolute atomic E-state index is 0.0143. The van der Waals surface area contributed by atoms with E-state index in [2.05, 4.69) is 17.2 Å². The summed E-state index contributed by atoms with van der Waals surface area (Å²) >= 11 is 0. The number of nitro benzene ring substituents is 1. The van der Waals surface area contributed by atoms with Gasteiger partial charge in [-0.15, -0.1) is 0 Å². The molecule has 0 aromatic heterocycles. The molecule has 0 spiro atoms. The Hall–Kier alpha value is -1.66. The van der Waals surface area contributed by atoms with Crippen LogP contribution in [0.1, 0.15) is 31.7 Å². The van der Waals surface area contributed by atoms with E-state index in [4.69, 9.17) is 5.84 Å². The van der Waals surface area contributed by atoms with Crippen molar-refractivity contribution in [1.82, 2.24) is 4.90 Å². The largest absolute Gasteiger partial charge is 0.318 e. The molecule has 1 aliphatic rings. The number of hydrazine groups is 1. The molecule has 1 saturated carbocycles. The number of nitrogens with one attached hydrogen (secondary N) is 1. The average Bonchev–Trinajstić information content (AvgIpc) is 3.22. The number of anilines is 1. The number of rotatable bonds is 8. The van der Waals surface area contributed by atoms with Crippen LogP contribution in [0.25, 0.3) is 0 Å². The molecule has 0 heterocycles. The van der Waals surface area contributed by atoms with Crippen LogP contribution in [-0.2, 0) is 6.54 Å². The zero-order valence-electron chi connectivity index (χ0n) is 11.8. The summed E-state index contributed by atoms with van der Waals surface area (Å²) in [5.41, 5.74) is 3.85. The Morgan fingerprint density at radius 3 is 2.80 bits per heavy atom. The van der Waals surface area contributed by atoms with Gasteiger partial charge < -0.3 is 5.43 Å². The Labute approximate surface area is 119 Å². The fourth-order valence-corrected chi connectivity index (χ4v) is 2.43. The molecule has 6 nitrogen and oxygen atoms in total. The molecule has 0 atom stereocenters. The number of nitrogens with two attached hydrogens (primary N) is 1. The van der Waals surface area contributed by atoms with Crippen molar-refractivity contribution in [2.75, 3.05) is 18.5 Å². The van der Waals surface area contributed by atoms with Gasteiger partial charge in [0, 0.05) is 19.2 Å². The number of hydrogen-bond donors (Lipinski definition) is 2. The molecule has 1 fully saturated rings. The van der Waals surface area contributed by atoms with Crippen LogP contribution in [0, 0.1) is 16.0 Å². The van der Waals surface area contributed by atoms with E-state index in [0.717, 1.165) is 37.5 Å². The third-order valence-corrected chi connectivity index (χ3v) is 3.57. The molecule has 0 saturated heterocycles. The lowest BCUT2D eigenvalue weighted by Crippen LogP contribution is -2.26. The fourth-order valence-electron chi connectivity index (χ4n) is 2.43. The highest BCUT2D eigenvalue weighted by Crippen LogP contribution is 2.31. The normalized spacial score (nSPS) is 14.6. The van der Waals surface area contributed by atoms with Gasteiger partial charge in [-0.25, -0.2) is 0 Å². The lowest BCUT2D eigenvalue weighted by molar-refractivity contribution is -0.384. The second-order valence-corrected chi connectivity index (χ2v) is 5.43. The molecule has 0 radical (unpaired) electrons. The van der Waals surface area contributed by atoms with Crippen molar-refractivity contribution >= 4 is 11.4 Å². The molecule has 1 aromatic rings. The molecule has 0 bridgehead atoms. The predicted molar refractivity (Wildman–Crippen MR) is 79.2 cm³/mol. The van der Waals surface area contributed by atoms with Crippen molar-refractivity contribution in [3.05, 3.63) is 33.9 Å². The number of benzene rings is 1. The molecule has 3 N–H and O–H groups in total. The summed E-state index contributed by atoms with van der Waals surface area (Å²) in [5, 5.41) is 10.9. The van der Waals surface area contributed by atoms with Crippen LogP contribution >= 0.6 is 0 Å². The molecule has 2 rings (SSSR count). The van der Waals surface area contributed by atoms with Crippen molar-refractivity contribution < 1.29 is 4.92 Å². The molecule has 20 heavy (non-hydrogen) atoms. The Morgan fingerprint density at radius 1 is 1.50 bits per heavy atom. The Balaban J connectivity index is 2.08. The van der Waals surface area contributed by atoms with Crippen LogP contribution in [0.15, 0.2) is 18.2 Å². The quantitative estimate of drug-likeness (QED) is 0.433. The Kier molecular flexibility index (Phi) is 4.92. The Morgan fingerprint density at radius 2 is 2.25 bits per heavy atom. The van der Waals surface area contributed by atoms with Crippen molar-refractivity contribution in [2.24, 2.45) is 11.8 Å². The highest BCUT2D eigenvalue weighted by molar-refractivity contribution is 5.62. The number of nitrogen functional groups attached to an aromatic ring is 1. The maximum atomic E-state index is 10.9. The molecule has 0 amide bonds. The highest BCUT2D eigenvalue weighted by atomic mass is 16.6. The number of hydrogen-bond acceptors (Lipinski definition) is 5. The van der Waals surface area contributed by atoms with Gasteiger partial charge >= 0.3 is 0 Å². The van der Waals surface area contributed by atoms with Gasteiger partial charge in [0.2, 0.25) is 0 Å². The van der Waals surface area contributed by atoms with Gasteiger partial charge in [0.15, 0.2) is 0 Å². The minimum Gasteiger partial charge on any atom is -0.318 e. The molecular weight excluding hydrogens is 256 g/mol. The van der Waals surface area contributed by atoms with E-state index < -0.39 is 4.92 Å². The van der Waals surface area contributed by atoms with Crippen molar-refractivity contribution in [2.45, 2.75) is 32.7 Å². The first-order chi connectivity index (χ1) is 9.63. The average molecular weight is 278 g/mol. The molecule has 0 unspecified atom stereocenters. The Bertz CT molecular complexity index is 474. The summed E-state index contributed by atoms with van der Waals surface area (Å²) < 4.78 is 0. The predicted octanol–water partition coefficient (Wildman–Crippen LogP) is 2.50. The van der Waals surface area contributed by atoms with E-state index in [1.54, 1.807) is 6.07 Å². The molecule has 110 valence electrons. The van der Waals surface area contributed by atoms with Crippen LogP contribution in [0.5, 0.6) is 0 Å².